The van der Waals surface area contributed by atoms with Gasteiger partial charge in [0, 0.05) is 12.6 Å². The van der Waals surface area contributed by atoms with Crippen molar-refractivity contribution in [2.45, 2.75) is 32.7 Å². The van der Waals surface area contributed by atoms with E-state index in [1.54, 1.807) is 0 Å². The summed E-state index contributed by atoms with van der Waals surface area (Å²) in [5.74, 6) is 0.827. The molecule has 2 heterocycles. The number of aromatic nitrogens is 2. The topological polar surface area (TPSA) is 72.2 Å². The van der Waals surface area contributed by atoms with Gasteiger partial charge in [-0.15, -0.1) is 0 Å². The average Bonchev–Trinajstić information content (AvgIpc) is 2.31. The molecule has 0 N–H and O–H groups in total. The van der Waals surface area contributed by atoms with Gasteiger partial charge < -0.3 is 4.90 Å². The van der Waals surface area contributed by atoms with E-state index in [1.165, 1.54) is 6.20 Å². The Morgan fingerprint density at radius 3 is 2.89 bits per heavy atom. The van der Waals surface area contributed by atoms with Crippen LogP contribution in [0.25, 0.3) is 0 Å². The summed E-state index contributed by atoms with van der Waals surface area (Å²) in [6.45, 7) is 4.94. The second-order valence-electron chi connectivity index (χ2n) is 4.79. The Morgan fingerprint density at radius 1 is 1.50 bits per heavy atom. The third-order valence-electron chi connectivity index (χ3n) is 3.31. The van der Waals surface area contributed by atoms with Crippen molar-refractivity contribution in [2.75, 3.05) is 11.4 Å². The summed E-state index contributed by atoms with van der Waals surface area (Å²) >= 11 is 5.75. The minimum Gasteiger partial charge on any atom is -0.348 e. The van der Waals surface area contributed by atoms with Crippen LogP contribution >= 0.6 is 11.6 Å². The summed E-state index contributed by atoms with van der Waals surface area (Å²) in [7, 11) is 0. The summed E-state index contributed by atoms with van der Waals surface area (Å²) < 4.78 is 0. The average molecular weight is 271 g/mol. The van der Waals surface area contributed by atoms with E-state index in [0.717, 1.165) is 19.4 Å². The van der Waals surface area contributed by atoms with Crippen molar-refractivity contribution in [3.05, 3.63) is 21.6 Å². The molecule has 0 aromatic carbocycles. The molecule has 6 nitrogen and oxygen atoms in total. The monoisotopic (exact) mass is 270 g/mol. The molecule has 1 aromatic heterocycles. The van der Waals surface area contributed by atoms with E-state index >= 15 is 0 Å². The zero-order valence-electron chi connectivity index (χ0n) is 10.3. The first-order valence-electron chi connectivity index (χ1n) is 5.92. The molecule has 0 radical (unpaired) electrons. The van der Waals surface area contributed by atoms with Crippen molar-refractivity contribution in [2.24, 2.45) is 5.92 Å². The van der Waals surface area contributed by atoms with E-state index in [1.807, 2.05) is 11.8 Å². The van der Waals surface area contributed by atoms with Crippen molar-refractivity contribution in [3.63, 3.8) is 0 Å². The van der Waals surface area contributed by atoms with Crippen LogP contribution in [-0.4, -0.2) is 27.5 Å². The van der Waals surface area contributed by atoms with Crippen LogP contribution in [0.5, 0.6) is 0 Å². The van der Waals surface area contributed by atoms with Crippen LogP contribution in [0.1, 0.15) is 26.7 Å². The summed E-state index contributed by atoms with van der Waals surface area (Å²) in [6, 6.07) is 0.228. The van der Waals surface area contributed by atoms with E-state index in [2.05, 4.69) is 16.9 Å². The first kappa shape index (κ1) is 13.0. The number of piperidine rings is 1. The minimum atomic E-state index is -0.461. The molecule has 2 rings (SSSR count). The fraction of sp³-hybridized carbons (Fsp3) is 0.636. The highest BCUT2D eigenvalue weighted by Crippen LogP contribution is 2.32. The molecule has 0 bridgehead atoms. The largest absolute Gasteiger partial charge is 0.348 e. The van der Waals surface area contributed by atoms with Crippen molar-refractivity contribution in [3.8, 4) is 0 Å². The zero-order chi connectivity index (χ0) is 13.3. The summed E-state index contributed by atoms with van der Waals surface area (Å²) in [4.78, 5) is 20.2. The highest BCUT2D eigenvalue weighted by molar-refractivity contribution is 6.28. The van der Waals surface area contributed by atoms with Crippen LogP contribution in [0, 0.1) is 16.0 Å². The van der Waals surface area contributed by atoms with Crippen molar-refractivity contribution >= 4 is 23.1 Å². The van der Waals surface area contributed by atoms with Crippen LogP contribution in [-0.2, 0) is 0 Å². The number of hydrogen-bond donors (Lipinski definition) is 0. The van der Waals surface area contributed by atoms with E-state index < -0.39 is 4.92 Å². The Bertz CT molecular complexity index is 468. The quantitative estimate of drug-likeness (QED) is 0.469. The molecule has 1 aromatic rings. The van der Waals surface area contributed by atoms with Gasteiger partial charge in [0.2, 0.25) is 11.1 Å². The summed E-state index contributed by atoms with van der Waals surface area (Å²) in [6.07, 6.45) is 3.31. The summed E-state index contributed by atoms with van der Waals surface area (Å²) in [5, 5.41) is 11.1. The van der Waals surface area contributed by atoms with Crippen molar-refractivity contribution in [1.29, 1.82) is 0 Å². The molecule has 1 fully saturated rings. The predicted molar refractivity (Wildman–Crippen MR) is 68.9 cm³/mol. The molecule has 1 aliphatic rings. The van der Waals surface area contributed by atoms with Crippen molar-refractivity contribution < 1.29 is 4.92 Å². The van der Waals surface area contributed by atoms with Gasteiger partial charge in [0.1, 0.15) is 6.20 Å². The van der Waals surface area contributed by atoms with Gasteiger partial charge in [0.25, 0.3) is 0 Å². The first-order chi connectivity index (χ1) is 8.49. The van der Waals surface area contributed by atoms with Gasteiger partial charge in [-0.25, -0.2) is 4.98 Å². The Kier molecular flexibility index (Phi) is 3.65. The highest BCUT2D eigenvalue weighted by atomic mass is 35.5. The van der Waals surface area contributed by atoms with Crippen molar-refractivity contribution in [1.82, 2.24) is 9.97 Å². The van der Waals surface area contributed by atoms with Crippen LogP contribution in [0.2, 0.25) is 5.28 Å². The van der Waals surface area contributed by atoms with Gasteiger partial charge in [0.05, 0.1) is 4.92 Å². The molecule has 18 heavy (non-hydrogen) atoms. The maximum absolute atomic E-state index is 11.0. The SMILES string of the molecule is CC1CCC(C)N(c2nc(Cl)ncc2[N+](=O)[O-])C1. The molecular formula is C11H15ClN4O2. The third kappa shape index (κ3) is 2.53. The van der Waals surface area contributed by atoms with Crippen LogP contribution in [0.4, 0.5) is 11.5 Å². The maximum atomic E-state index is 11.0. The highest BCUT2D eigenvalue weighted by Gasteiger charge is 2.30. The number of nitro groups is 1. The number of halogens is 1. The lowest BCUT2D eigenvalue weighted by Crippen LogP contribution is -2.42. The van der Waals surface area contributed by atoms with Crippen LogP contribution in [0.3, 0.4) is 0 Å². The Morgan fingerprint density at radius 2 is 2.22 bits per heavy atom. The third-order valence-corrected chi connectivity index (χ3v) is 3.49. The molecule has 1 saturated heterocycles. The molecule has 98 valence electrons. The fourth-order valence-corrected chi connectivity index (χ4v) is 2.40. The van der Waals surface area contributed by atoms with Gasteiger partial charge in [-0.2, -0.15) is 4.98 Å². The standard InChI is InChI=1S/C11H15ClN4O2/c1-7-3-4-8(2)15(6-7)10-9(16(17)18)5-13-11(12)14-10/h5,7-8H,3-4,6H2,1-2H3. The van der Waals surface area contributed by atoms with E-state index in [9.17, 15) is 10.1 Å². The minimum absolute atomic E-state index is 0.0426. The molecule has 0 amide bonds. The normalized spacial score (nSPS) is 24.1. The Balaban J connectivity index is 2.41. The van der Waals surface area contributed by atoms with E-state index in [-0.39, 0.29) is 17.0 Å². The Hall–Kier alpha value is -1.43. The van der Waals surface area contributed by atoms with Gasteiger partial charge in [-0.1, -0.05) is 6.92 Å². The zero-order valence-corrected chi connectivity index (χ0v) is 11.1. The number of nitrogens with zero attached hydrogens (tertiary/aromatic N) is 4. The molecule has 2 atom stereocenters. The molecule has 1 aliphatic heterocycles. The number of anilines is 1. The lowest BCUT2D eigenvalue weighted by molar-refractivity contribution is -0.384. The van der Waals surface area contributed by atoms with Gasteiger partial charge in [-0.05, 0) is 37.3 Å². The maximum Gasteiger partial charge on any atom is 0.329 e. The lowest BCUT2D eigenvalue weighted by atomic mass is 9.95. The lowest BCUT2D eigenvalue weighted by Gasteiger charge is -2.37. The fourth-order valence-electron chi connectivity index (χ4n) is 2.27. The molecule has 2 unspecified atom stereocenters. The molecule has 7 heteroatoms. The van der Waals surface area contributed by atoms with E-state index in [0.29, 0.717) is 11.7 Å². The number of rotatable bonds is 2. The second-order valence-corrected chi connectivity index (χ2v) is 5.13. The second kappa shape index (κ2) is 5.06. The number of hydrogen-bond acceptors (Lipinski definition) is 5. The van der Waals surface area contributed by atoms with Gasteiger partial charge >= 0.3 is 5.69 Å². The summed E-state index contributed by atoms with van der Waals surface area (Å²) in [5.41, 5.74) is -0.0830. The Labute approximate surface area is 110 Å². The van der Waals surface area contributed by atoms with Gasteiger partial charge in [-0.3, -0.25) is 10.1 Å². The molecule has 0 spiro atoms. The van der Waals surface area contributed by atoms with Crippen LogP contribution < -0.4 is 4.90 Å². The first-order valence-corrected chi connectivity index (χ1v) is 6.30. The van der Waals surface area contributed by atoms with Crippen LogP contribution in [0.15, 0.2) is 6.20 Å². The molecular weight excluding hydrogens is 256 g/mol. The molecule has 0 saturated carbocycles. The molecule has 0 aliphatic carbocycles. The van der Waals surface area contributed by atoms with Gasteiger partial charge in [0.15, 0.2) is 0 Å². The smallest absolute Gasteiger partial charge is 0.329 e. The van der Waals surface area contributed by atoms with E-state index in [4.69, 9.17) is 11.6 Å². The predicted octanol–water partition coefficient (Wildman–Crippen LogP) is 2.66.